The summed E-state index contributed by atoms with van der Waals surface area (Å²) in [4.78, 5) is 2.51. The first kappa shape index (κ1) is 11.0. The van der Waals surface area contributed by atoms with Crippen LogP contribution in [0.15, 0.2) is 0 Å². The summed E-state index contributed by atoms with van der Waals surface area (Å²) in [6.07, 6.45) is 1.34. The molecule has 1 aliphatic rings. The average molecular weight is 186 g/mol. The van der Waals surface area contributed by atoms with Gasteiger partial charge in [-0.1, -0.05) is 13.3 Å². The molecule has 0 aliphatic carbocycles. The number of nitrogens with zero attached hydrogens (tertiary/aromatic N) is 1. The quantitative estimate of drug-likeness (QED) is 0.588. The van der Waals surface area contributed by atoms with Crippen LogP contribution in [0.2, 0.25) is 0 Å². The lowest BCUT2D eigenvalue weighted by Crippen LogP contribution is -2.48. The average Bonchev–Trinajstić information content (AvgIpc) is 2.08. The van der Waals surface area contributed by atoms with Crippen LogP contribution in [0.1, 0.15) is 13.3 Å². The molecule has 0 unspecified atom stereocenters. The van der Waals surface area contributed by atoms with Crippen molar-refractivity contribution in [2.45, 2.75) is 13.3 Å². The van der Waals surface area contributed by atoms with Gasteiger partial charge in [-0.05, 0) is 5.92 Å². The smallest absolute Gasteiger partial charge is 0.0587 e. The molecule has 1 fully saturated rings. The molecule has 1 rings (SSSR count). The van der Waals surface area contributed by atoms with Crippen molar-refractivity contribution in [1.82, 2.24) is 10.2 Å². The molecule has 3 heteroatoms. The van der Waals surface area contributed by atoms with Crippen molar-refractivity contribution < 1.29 is 4.74 Å². The molecule has 0 radical (unpaired) electrons. The van der Waals surface area contributed by atoms with E-state index in [9.17, 15) is 0 Å². The third-order valence-electron chi connectivity index (χ3n) is 2.70. The van der Waals surface area contributed by atoms with Gasteiger partial charge in [0, 0.05) is 39.8 Å². The van der Waals surface area contributed by atoms with Crippen LogP contribution in [0, 0.1) is 5.92 Å². The van der Waals surface area contributed by atoms with Crippen molar-refractivity contribution in [3.63, 3.8) is 0 Å². The van der Waals surface area contributed by atoms with E-state index in [0.29, 0.717) is 0 Å². The summed E-state index contributed by atoms with van der Waals surface area (Å²) in [5.74, 6) is 0.971. The number of rotatable bonds is 7. The molecule has 0 spiro atoms. The second kappa shape index (κ2) is 6.35. The molecule has 1 saturated heterocycles. The molecular formula is C10H22N2O. The van der Waals surface area contributed by atoms with Crippen LogP contribution in [0.4, 0.5) is 0 Å². The van der Waals surface area contributed by atoms with Gasteiger partial charge < -0.3 is 15.0 Å². The molecule has 3 nitrogen and oxygen atoms in total. The predicted molar refractivity (Wildman–Crippen MR) is 55.0 cm³/mol. The monoisotopic (exact) mass is 186 g/mol. The molecule has 0 aromatic rings. The fraction of sp³-hybridized carbons (Fsp3) is 1.00. The van der Waals surface area contributed by atoms with Gasteiger partial charge in [0.1, 0.15) is 0 Å². The maximum Gasteiger partial charge on any atom is 0.0587 e. The van der Waals surface area contributed by atoms with E-state index in [4.69, 9.17) is 4.74 Å². The summed E-state index contributed by atoms with van der Waals surface area (Å²) in [5, 5.41) is 3.35. The van der Waals surface area contributed by atoms with E-state index in [1.54, 1.807) is 7.11 Å². The van der Waals surface area contributed by atoms with Crippen LogP contribution in [0.5, 0.6) is 0 Å². The van der Waals surface area contributed by atoms with Crippen LogP contribution >= 0.6 is 0 Å². The predicted octanol–water partition coefficient (Wildman–Crippen LogP) is 0.564. The van der Waals surface area contributed by atoms with E-state index in [1.807, 2.05) is 0 Å². The maximum absolute atomic E-state index is 4.95. The summed E-state index contributed by atoms with van der Waals surface area (Å²) in [5.41, 5.74) is 0. The van der Waals surface area contributed by atoms with Crippen molar-refractivity contribution in [1.29, 1.82) is 0 Å². The van der Waals surface area contributed by atoms with Gasteiger partial charge in [0.15, 0.2) is 0 Å². The zero-order chi connectivity index (χ0) is 9.52. The second-order valence-electron chi connectivity index (χ2n) is 3.78. The van der Waals surface area contributed by atoms with Crippen LogP contribution in [-0.4, -0.2) is 51.3 Å². The van der Waals surface area contributed by atoms with Gasteiger partial charge in [0.2, 0.25) is 0 Å². The van der Waals surface area contributed by atoms with Crippen molar-refractivity contribution in [3.8, 4) is 0 Å². The number of methoxy groups -OCH3 is 1. The van der Waals surface area contributed by atoms with Gasteiger partial charge in [-0.2, -0.15) is 0 Å². The van der Waals surface area contributed by atoms with Gasteiger partial charge in [-0.15, -0.1) is 0 Å². The fourth-order valence-electron chi connectivity index (χ4n) is 1.65. The highest BCUT2D eigenvalue weighted by molar-refractivity contribution is 4.78. The summed E-state index contributed by atoms with van der Waals surface area (Å²) in [7, 11) is 1.74. The Morgan fingerprint density at radius 3 is 2.77 bits per heavy atom. The summed E-state index contributed by atoms with van der Waals surface area (Å²) >= 11 is 0. The van der Waals surface area contributed by atoms with Crippen LogP contribution in [0.3, 0.4) is 0 Å². The molecule has 0 bridgehead atoms. The minimum absolute atomic E-state index is 0.817. The van der Waals surface area contributed by atoms with Crippen LogP contribution in [0.25, 0.3) is 0 Å². The van der Waals surface area contributed by atoms with Crippen LogP contribution < -0.4 is 5.32 Å². The summed E-state index contributed by atoms with van der Waals surface area (Å²) < 4.78 is 4.95. The molecule has 0 aromatic carbocycles. The first-order valence-electron chi connectivity index (χ1n) is 5.28. The van der Waals surface area contributed by atoms with Gasteiger partial charge in [0.05, 0.1) is 6.61 Å². The minimum Gasteiger partial charge on any atom is -0.383 e. The van der Waals surface area contributed by atoms with Gasteiger partial charge in [-0.3, -0.25) is 0 Å². The van der Waals surface area contributed by atoms with Gasteiger partial charge in [-0.25, -0.2) is 0 Å². The third-order valence-corrected chi connectivity index (χ3v) is 2.70. The lowest BCUT2D eigenvalue weighted by molar-refractivity contribution is 0.0980. The molecule has 13 heavy (non-hydrogen) atoms. The van der Waals surface area contributed by atoms with Gasteiger partial charge >= 0.3 is 0 Å². The number of likely N-dealkylation sites (tertiary alicyclic amines) is 1. The molecule has 0 saturated carbocycles. The molecule has 78 valence electrons. The second-order valence-corrected chi connectivity index (χ2v) is 3.78. The SMILES string of the molecule is CCC1CN(CCNCCOC)C1. The Kier molecular flexibility index (Phi) is 5.35. The highest BCUT2D eigenvalue weighted by Crippen LogP contribution is 2.16. The summed E-state index contributed by atoms with van der Waals surface area (Å²) in [6, 6.07) is 0. The standard InChI is InChI=1S/C10H22N2O/c1-3-10-8-12(9-10)6-4-11-5-7-13-2/h10-11H,3-9H2,1-2H3. The molecule has 0 atom stereocenters. The first-order chi connectivity index (χ1) is 6.36. The number of ether oxygens (including phenoxy) is 1. The Morgan fingerprint density at radius 2 is 2.15 bits per heavy atom. The molecule has 0 aromatic heterocycles. The Morgan fingerprint density at radius 1 is 1.38 bits per heavy atom. The Labute approximate surface area is 81.4 Å². The van der Waals surface area contributed by atoms with Crippen molar-refractivity contribution in [2.75, 3.05) is 46.4 Å². The van der Waals surface area contributed by atoms with E-state index in [-0.39, 0.29) is 0 Å². The number of hydrogen-bond donors (Lipinski definition) is 1. The van der Waals surface area contributed by atoms with E-state index < -0.39 is 0 Å². The zero-order valence-corrected chi connectivity index (χ0v) is 8.88. The molecule has 0 amide bonds. The van der Waals surface area contributed by atoms with Crippen molar-refractivity contribution in [2.24, 2.45) is 5.92 Å². The lowest BCUT2D eigenvalue weighted by Gasteiger charge is -2.38. The van der Waals surface area contributed by atoms with Gasteiger partial charge in [0.25, 0.3) is 0 Å². The third kappa shape index (κ3) is 4.07. The first-order valence-corrected chi connectivity index (χ1v) is 5.28. The van der Waals surface area contributed by atoms with Crippen LogP contribution in [-0.2, 0) is 4.74 Å². The van der Waals surface area contributed by atoms with E-state index in [0.717, 1.165) is 25.6 Å². The Bertz CT molecular complexity index is 124. The molecule has 1 heterocycles. The molecular weight excluding hydrogens is 164 g/mol. The van der Waals surface area contributed by atoms with E-state index in [2.05, 4.69) is 17.1 Å². The fourth-order valence-corrected chi connectivity index (χ4v) is 1.65. The molecule has 1 aliphatic heterocycles. The Hall–Kier alpha value is -0.120. The zero-order valence-electron chi connectivity index (χ0n) is 8.88. The lowest BCUT2D eigenvalue weighted by atomic mass is 9.98. The highest BCUT2D eigenvalue weighted by Gasteiger charge is 2.23. The molecule has 1 N–H and O–H groups in total. The minimum atomic E-state index is 0.817. The Balaban J connectivity index is 1.80. The topological polar surface area (TPSA) is 24.5 Å². The highest BCUT2D eigenvalue weighted by atomic mass is 16.5. The number of hydrogen-bond acceptors (Lipinski definition) is 3. The van der Waals surface area contributed by atoms with E-state index >= 15 is 0 Å². The summed E-state index contributed by atoms with van der Waals surface area (Å²) in [6.45, 7) is 8.98. The number of nitrogens with one attached hydrogen (secondary N) is 1. The van der Waals surface area contributed by atoms with Crippen molar-refractivity contribution >= 4 is 0 Å². The van der Waals surface area contributed by atoms with Crippen molar-refractivity contribution in [3.05, 3.63) is 0 Å². The van der Waals surface area contributed by atoms with E-state index in [1.165, 1.54) is 26.1 Å². The maximum atomic E-state index is 4.95. The largest absolute Gasteiger partial charge is 0.383 e. The normalized spacial score (nSPS) is 18.9.